The van der Waals surface area contributed by atoms with Gasteiger partial charge in [-0.15, -0.1) is 0 Å². The second-order valence-electron chi connectivity index (χ2n) is 4.73. The number of alkyl halides is 3. The van der Waals surface area contributed by atoms with Crippen LogP contribution < -0.4 is 15.4 Å². The molecule has 2 aromatic carbocycles. The van der Waals surface area contributed by atoms with E-state index in [0.717, 1.165) is 6.07 Å². The molecule has 0 saturated heterocycles. The lowest BCUT2D eigenvalue weighted by molar-refractivity contribution is -0.136. The highest BCUT2D eigenvalue weighted by Crippen LogP contribution is 2.34. The minimum absolute atomic E-state index is 0.128. The summed E-state index contributed by atoms with van der Waals surface area (Å²) >= 11 is 5.74. The first kappa shape index (κ1) is 17.9. The monoisotopic (exact) mass is 358 g/mol. The van der Waals surface area contributed by atoms with Gasteiger partial charge in [-0.25, -0.2) is 4.79 Å². The van der Waals surface area contributed by atoms with E-state index in [0.29, 0.717) is 10.8 Å². The summed E-state index contributed by atoms with van der Waals surface area (Å²) in [5, 5.41) is 5.18. The number of rotatable bonds is 5. The third-order valence-corrected chi connectivity index (χ3v) is 3.20. The van der Waals surface area contributed by atoms with Gasteiger partial charge in [0.1, 0.15) is 12.4 Å². The summed E-state index contributed by atoms with van der Waals surface area (Å²) < 4.78 is 43.8. The number of nitrogens with one attached hydrogen (secondary N) is 2. The molecule has 2 N–H and O–H groups in total. The zero-order chi connectivity index (χ0) is 17.6. The molecule has 0 aliphatic carbocycles. The lowest BCUT2D eigenvalue weighted by Gasteiger charge is -2.14. The Morgan fingerprint density at radius 3 is 2.42 bits per heavy atom. The van der Waals surface area contributed by atoms with Crippen LogP contribution in [-0.4, -0.2) is 19.2 Å². The Morgan fingerprint density at radius 2 is 1.75 bits per heavy atom. The first-order valence-electron chi connectivity index (χ1n) is 6.96. The van der Waals surface area contributed by atoms with Gasteiger partial charge in [-0.3, -0.25) is 0 Å². The first-order valence-corrected chi connectivity index (χ1v) is 7.33. The van der Waals surface area contributed by atoms with Crippen molar-refractivity contribution in [3.63, 3.8) is 0 Å². The van der Waals surface area contributed by atoms with Gasteiger partial charge < -0.3 is 15.4 Å². The third-order valence-electron chi connectivity index (χ3n) is 2.95. The highest BCUT2D eigenvalue weighted by molar-refractivity contribution is 6.30. The van der Waals surface area contributed by atoms with Gasteiger partial charge in [0.05, 0.1) is 17.8 Å². The first-order chi connectivity index (χ1) is 11.4. The average Bonchev–Trinajstić information content (AvgIpc) is 2.53. The molecule has 0 fully saturated rings. The Morgan fingerprint density at radius 1 is 1.08 bits per heavy atom. The molecule has 0 aliphatic heterocycles. The Kier molecular flexibility index (Phi) is 5.92. The van der Waals surface area contributed by atoms with E-state index in [1.54, 1.807) is 24.3 Å². The highest BCUT2D eigenvalue weighted by atomic mass is 35.5. The van der Waals surface area contributed by atoms with E-state index in [9.17, 15) is 18.0 Å². The minimum Gasteiger partial charge on any atom is -0.492 e. The van der Waals surface area contributed by atoms with Gasteiger partial charge in [0, 0.05) is 5.02 Å². The van der Waals surface area contributed by atoms with Gasteiger partial charge in [0.15, 0.2) is 0 Å². The molecular weight excluding hydrogens is 345 g/mol. The maximum absolute atomic E-state index is 12.8. The average molecular weight is 359 g/mol. The molecule has 0 saturated carbocycles. The van der Waals surface area contributed by atoms with Crippen LogP contribution in [0.3, 0.4) is 0 Å². The fraction of sp³-hybridized carbons (Fsp3) is 0.188. The van der Waals surface area contributed by atoms with Crippen LogP contribution in [0.1, 0.15) is 5.56 Å². The predicted molar refractivity (Wildman–Crippen MR) is 85.4 cm³/mol. The molecule has 0 bridgehead atoms. The Balaban J connectivity index is 1.81. The van der Waals surface area contributed by atoms with Gasteiger partial charge in [0.2, 0.25) is 0 Å². The lowest BCUT2D eigenvalue weighted by Crippen LogP contribution is -2.32. The predicted octanol–water partition coefficient (Wildman–Crippen LogP) is 4.56. The van der Waals surface area contributed by atoms with Crippen molar-refractivity contribution < 1.29 is 22.7 Å². The van der Waals surface area contributed by atoms with Crippen molar-refractivity contribution in [3.05, 3.63) is 59.1 Å². The summed E-state index contributed by atoms with van der Waals surface area (Å²) in [6.45, 7) is 0.290. The summed E-state index contributed by atoms with van der Waals surface area (Å²) in [6, 6.07) is 10.7. The molecule has 0 aliphatic rings. The van der Waals surface area contributed by atoms with Crippen molar-refractivity contribution in [2.75, 3.05) is 18.5 Å². The van der Waals surface area contributed by atoms with Gasteiger partial charge in [-0.1, -0.05) is 23.7 Å². The number of urea groups is 1. The number of carbonyl (C=O) groups is 1. The van der Waals surface area contributed by atoms with Crippen LogP contribution in [0.2, 0.25) is 5.02 Å². The fourth-order valence-electron chi connectivity index (χ4n) is 1.87. The van der Waals surface area contributed by atoms with Crippen molar-refractivity contribution >= 4 is 23.3 Å². The summed E-state index contributed by atoms with van der Waals surface area (Å²) in [5.74, 6) is 0.573. The second kappa shape index (κ2) is 7.92. The van der Waals surface area contributed by atoms with Gasteiger partial charge >= 0.3 is 12.2 Å². The molecule has 4 nitrogen and oxygen atoms in total. The normalized spacial score (nSPS) is 11.0. The molecule has 0 unspecified atom stereocenters. The number of ether oxygens (including phenoxy) is 1. The number of para-hydroxylation sites is 1. The highest BCUT2D eigenvalue weighted by Gasteiger charge is 2.33. The standard InChI is InChI=1S/C16H14ClF3N2O2/c17-11-5-7-12(8-6-11)24-10-9-21-15(23)22-14-4-2-1-3-13(14)16(18,19)20/h1-8H,9-10H2,(H2,21,22,23). The summed E-state index contributed by atoms with van der Waals surface area (Å²) in [4.78, 5) is 11.7. The zero-order valence-electron chi connectivity index (χ0n) is 12.4. The zero-order valence-corrected chi connectivity index (χ0v) is 13.1. The molecule has 2 rings (SSSR count). The number of halogens is 4. The van der Waals surface area contributed by atoms with E-state index >= 15 is 0 Å². The number of carbonyl (C=O) groups excluding carboxylic acids is 1. The van der Waals surface area contributed by atoms with E-state index in [-0.39, 0.29) is 18.8 Å². The summed E-state index contributed by atoms with van der Waals surface area (Å²) in [7, 11) is 0. The molecule has 24 heavy (non-hydrogen) atoms. The van der Waals surface area contributed by atoms with Crippen LogP contribution in [0.5, 0.6) is 5.75 Å². The number of hydrogen-bond donors (Lipinski definition) is 2. The lowest BCUT2D eigenvalue weighted by atomic mass is 10.1. The van der Waals surface area contributed by atoms with Crippen molar-refractivity contribution in [2.24, 2.45) is 0 Å². The number of anilines is 1. The second-order valence-corrected chi connectivity index (χ2v) is 5.16. The van der Waals surface area contributed by atoms with Gasteiger partial charge in [-0.2, -0.15) is 13.2 Å². The SMILES string of the molecule is O=C(NCCOc1ccc(Cl)cc1)Nc1ccccc1C(F)(F)F. The quantitative estimate of drug-likeness (QED) is 0.770. The van der Waals surface area contributed by atoms with E-state index < -0.39 is 17.8 Å². The van der Waals surface area contributed by atoms with Crippen molar-refractivity contribution in [3.8, 4) is 5.75 Å². The summed E-state index contributed by atoms with van der Waals surface area (Å²) in [6.07, 6.45) is -4.54. The van der Waals surface area contributed by atoms with Crippen molar-refractivity contribution in [2.45, 2.75) is 6.18 Å². The molecule has 128 valence electrons. The Hall–Kier alpha value is -2.41. The molecule has 2 amide bonds. The molecule has 8 heteroatoms. The van der Waals surface area contributed by atoms with Gasteiger partial charge in [-0.05, 0) is 36.4 Å². The van der Waals surface area contributed by atoms with Crippen LogP contribution in [0.25, 0.3) is 0 Å². The van der Waals surface area contributed by atoms with E-state index in [2.05, 4.69) is 10.6 Å². The molecular formula is C16H14ClF3N2O2. The molecule has 0 heterocycles. The fourth-order valence-corrected chi connectivity index (χ4v) is 2.00. The topological polar surface area (TPSA) is 50.4 Å². The van der Waals surface area contributed by atoms with Crippen LogP contribution in [0.15, 0.2) is 48.5 Å². The Labute approximate surface area is 141 Å². The number of benzene rings is 2. The van der Waals surface area contributed by atoms with E-state index in [1.165, 1.54) is 18.2 Å². The largest absolute Gasteiger partial charge is 0.492 e. The van der Waals surface area contributed by atoms with Crippen molar-refractivity contribution in [1.82, 2.24) is 5.32 Å². The summed E-state index contributed by atoms with van der Waals surface area (Å²) in [5.41, 5.74) is -1.21. The molecule has 0 spiro atoms. The third kappa shape index (κ3) is 5.34. The molecule has 2 aromatic rings. The van der Waals surface area contributed by atoms with Crippen LogP contribution in [0.4, 0.5) is 23.7 Å². The molecule has 0 radical (unpaired) electrons. The molecule has 0 atom stereocenters. The van der Waals surface area contributed by atoms with Crippen LogP contribution in [-0.2, 0) is 6.18 Å². The smallest absolute Gasteiger partial charge is 0.418 e. The maximum atomic E-state index is 12.8. The van der Waals surface area contributed by atoms with Crippen LogP contribution in [0, 0.1) is 0 Å². The molecule has 0 aromatic heterocycles. The van der Waals surface area contributed by atoms with E-state index in [1.807, 2.05) is 0 Å². The number of hydrogen-bond acceptors (Lipinski definition) is 2. The maximum Gasteiger partial charge on any atom is 0.418 e. The van der Waals surface area contributed by atoms with Crippen LogP contribution >= 0.6 is 11.6 Å². The van der Waals surface area contributed by atoms with E-state index in [4.69, 9.17) is 16.3 Å². The van der Waals surface area contributed by atoms with Crippen molar-refractivity contribution in [1.29, 1.82) is 0 Å². The number of amides is 2. The van der Waals surface area contributed by atoms with Gasteiger partial charge in [0.25, 0.3) is 0 Å². The minimum atomic E-state index is -4.54. The Bertz CT molecular complexity index is 690.